The predicted octanol–water partition coefficient (Wildman–Crippen LogP) is 3.05. The zero-order valence-electron chi connectivity index (χ0n) is 11.6. The van der Waals surface area contributed by atoms with Crippen LogP contribution in [-0.2, 0) is 7.05 Å². The lowest BCUT2D eigenvalue weighted by Crippen LogP contribution is -2.05. The van der Waals surface area contributed by atoms with Gasteiger partial charge in [0.05, 0.1) is 11.8 Å². The zero-order valence-corrected chi connectivity index (χ0v) is 11.6. The average molecular weight is 255 g/mol. The van der Waals surface area contributed by atoms with Gasteiger partial charge in [-0.2, -0.15) is 5.26 Å². The summed E-state index contributed by atoms with van der Waals surface area (Å²) in [5, 5.41) is 9.00. The molecule has 4 heteroatoms. The van der Waals surface area contributed by atoms with Gasteiger partial charge in [0.2, 0.25) is 0 Å². The lowest BCUT2D eigenvalue weighted by Gasteiger charge is -2.10. The molecule has 0 aliphatic rings. The molecule has 0 amide bonds. The van der Waals surface area contributed by atoms with Crippen molar-refractivity contribution in [3.05, 3.63) is 35.7 Å². The van der Waals surface area contributed by atoms with E-state index in [4.69, 9.17) is 10.00 Å². The van der Waals surface area contributed by atoms with Crippen LogP contribution in [0.25, 0.3) is 11.4 Å². The van der Waals surface area contributed by atoms with Crippen molar-refractivity contribution >= 4 is 0 Å². The standard InChI is InChI=1S/C15H17N3O/c1-10(2)19-13-7-5-12(6-8-13)15-17-14(9-16)11(3)18(15)4/h5-8,10H,1-4H3. The van der Waals surface area contributed by atoms with Crippen LogP contribution < -0.4 is 4.74 Å². The maximum atomic E-state index is 9.00. The van der Waals surface area contributed by atoms with Gasteiger partial charge in [0, 0.05) is 12.6 Å². The highest BCUT2D eigenvalue weighted by Crippen LogP contribution is 2.23. The van der Waals surface area contributed by atoms with E-state index < -0.39 is 0 Å². The molecule has 0 aliphatic carbocycles. The third kappa shape index (κ3) is 2.60. The Bertz CT molecular complexity index is 618. The Labute approximate surface area is 113 Å². The second kappa shape index (κ2) is 5.15. The van der Waals surface area contributed by atoms with Gasteiger partial charge in [-0.25, -0.2) is 4.98 Å². The molecule has 1 heterocycles. The van der Waals surface area contributed by atoms with Gasteiger partial charge >= 0.3 is 0 Å². The van der Waals surface area contributed by atoms with Gasteiger partial charge in [-0.15, -0.1) is 0 Å². The summed E-state index contributed by atoms with van der Waals surface area (Å²) in [6.45, 7) is 5.88. The summed E-state index contributed by atoms with van der Waals surface area (Å²) < 4.78 is 7.53. The van der Waals surface area contributed by atoms with Crippen LogP contribution >= 0.6 is 0 Å². The Balaban J connectivity index is 2.35. The molecule has 0 unspecified atom stereocenters. The maximum absolute atomic E-state index is 9.00. The van der Waals surface area contributed by atoms with Crippen LogP contribution in [0.4, 0.5) is 0 Å². The summed E-state index contributed by atoms with van der Waals surface area (Å²) in [6.07, 6.45) is 0.159. The summed E-state index contributed by atoms with van der Waals surface area (Å²) in [4.78, 5) is 4.35. The van der Waals surface area contributed by atoms with E-state index in [2.05, 4.69) is 11.1 Å². The number of nitrogens with zero attached hydrogens (tertiary/aromatic N) is 3. The van der Waals surface area contributed by atoms with Gasteiger partial charge < -0.3 is 9.30 Å². The molecule has 1 aromatic heterocycles. The Kier molecular flexibility index (Phi) is 3.57. The number of imidazole rings is 1. The van der Waals surface area contributed by atoms with Crippen molar-refractivity contribution < 1.29 is 4.74 Å². The van der Waals surface area contributed by atoms with Crippen LogP contribution in [0.2, 0.25) is 0 Å². The number of ether oxygens (including phenoxy) is 1. The first-order chi connectivity index (χ1) is 9.02. The van der Waals surface area contributed by atoms with Crippen LogP contribution in [-0.4, -0.2) is 15.7 Å². The lowest BCUT2D eigenvalue weighted by atomic mass is 10.2. The van der Waals surface area contributed by atoms with Gasteiger partial charge in [-0.1, -0.05) is 0 Å². The zero-order chi connectivity index (χ0) is 14.0. The highest BCUT2D eigenvalue weighted by atomic mass is 16.5. The predicted molar refractivity (Wildman–Crippen MR) is 73.9 cm³/mol. The van der Waals surface area contributed by atoms with Crippen LogP contribution in [0.15, 0.2) is 24.3 Å². The van der Waals surface area contributed by atoms with E-state index in [0.29, 0.717) is 5.69 Å². The number of rotatable bonds is 3. The average Bonchev–Trinajstić information content (AvgIpc) is 2.66. The van der Waals surface area contributed by atoms with Gasteiger partial charge in [-0.05, 0) is 45.0 Å². The number of hydrogen-bond acceptors (Lipinski definition) is 3. The summed E-state index contributed by atoms with van der Waals surface area (Å²) in [5.74, 6) is 1.63. The molecular formula is C15H17N3O. The van der Waals surface area contributed by atoms with Crippen LogP contribution in [0, 0.1) is 18.3 Å². The third-order valence-corrected chi connectivity index (χ3v) is 2.97. The normalized spacial score (nSPS) is 10.5. The molecule has 0 saturated carbocycles. The van der Waals surface area contributed by atoms with Crippen molar-refractivity contribution in [1.29, 1.82) is 5.26 Å². The molecule has 0 saturated heterocycles. The fourth-order valence-electron chi connectivity index (χ4n) is 1.90. The van der Waals surface area contributed by atoms with E-state index in [1.807, 2.05) is 56.7 Å². The Morgan fingerprint density at radius 1 is 1.26 bits per heavy atom. The summed E-state index contributed by atoms with van der Waals surface area (Å²) in [7, 11) is 1.91. The molecule has 98 valence electrons. The first-order valence-corrected chi connectivity index (χ1v) is 6.23. The largest absolute Gasteiger partial charge is 0.491 e. The molecule has 0 atom stereocenters. The summed E-state index contributed by atoms with van der Waals surface area (Å²) in [6, 6.07) is 9.87. The SMILES string of the molecule is Cc1c(C#N)nc(-c2ccc(OC(C)C)cc2)n1C. The van der Waals surface area contributed by atoms with E-state index in [9.17, 15) is 0 Å². The number of benzene rings is 1. The van der Waals surface area contributed by atoms with Crippen molar-refractivity contribution in [3.63, 3.8) is 0 Å². The second-order valence-electron chi connectivity index (χ2n) is 4.73. The summed E-state index contributed by atoms with van der Waals surface area (Å²) in [5.41, 5.74) is 2.32. The third-order valence-electron chi connectivity index (χ3n) is 2.97. The lowest BCUT2D eigenvalue weighted by molar-refractivity contribution is 0.242. The van der Waals surface area contributed by atoms with E-state index in [0.717, 1.165) is 22.8 Å². The van der Waals surface area contributed by atoms with Crippen LogP contribution in [0.3, 0.4) is 0 Å². The first-order valence-electron chi connectivity index (χ1n) is 6.23. The minimum Gasteiger partial charge on any atom is -0.491 e. The highest BCUT2D eigenvalue weighted by Gasteiger charge is 2.12. The molecule has 0 bridgehead atoms. The van der Waals surface area contributed by atoms with E-state index in [1.54, 1.807) is 0 Å². The molecule has 0 fully saturated rings. The fourth-order valence-corrected chi connectivity index (χ4v) is 1.90. The quantitative estimate of drug-likeness (QED) is 0.847. The molecule has 1 aromatic carbocycles. The molecule has 0 N–H and O–H groups in total. The van der Waals surface area contributed by atoms with Gasteiger partial charge in [-0.3, -0.25) is 0 Å². The molecule has 0 spiro atoms. The van der Waals surface area contributed by atoms with Crippen molar-refractivity contribution in [3.8, 4) is 23.2 Å². The molecule has 19 heavy (non-hydrogen) atoms. The molecule has 0 aliphatic heterocycles. The van der Waals surface area contributed by atoms with Crippen molar-refractivity contribution in [2.45, 2.75) is 26.9 Å². The number of nitriles is 1. The fraction of sp³-hybridized carbons (Fsp3) is 0.333. The Morgan fingerprint density at radius 2 is 1.89 bits per heavy atom. The monoisotopic (exact) mass is 255 g/mol. The minimum absolute atomic E-state index is 0.159. The smallest absolute Gasteiger partial charge is 0.162 e. The topological polar surface area (TPSA) is 50.8 Å². The van der Waals surface area contributed by atoms with Crippen molar-refractivity contribution in [2.24, 2.45) is 7.05 Å². The van der Waals surface area contributed by atoms with Gasteiger partial charge in [0.15, 0.2) is 5.69 Å². The Hall–Kier alpha value is -2.28. The van der Waals surface area contributed by atoms with Crippen LogP contribution in [0.5, 0.6) is 5.75 Å². The molecule has 4 nitrogen and oxygen atoms in total. The van der Waals surface area contributed by atoms with E-state index >= 15 is 0 Å². The first kappa shape index (κ1) is 13.2. The maximum Gasteiger partial charge on any atom is 0.162 e. The van der Waals surface area contributed by atoms with E-state index in [-0.39, 0.29) is 6.10 Å². The van der Waals surface area contributed by atoms with Crippen LogP contribution in [0.1, 0.15) is 25.2 Å². The minimum atomic E-state index is 0.159. The number of aromatic nitrogens is 2. The summed E-state index contributed by atoms with van der Waals surface area (Å²) >= 11 is 0. The highest BCUT2D eigenvalue weighted by molar-refractivity contribution is 5.59. The number of hydrogen-bond donors (Lipinski definition) is 0. The molecule has 2 aromatic rings. The van der Waals surface area contributed by atoms with Gasteiger partial charge in [0.25, 0.3) is 0 Å². The van der Waals surface area contributed by atoms with Crippen molar-refractivity contribution in [2.75, 3.05) is 0 Å². The van der Waals surface area contributed by atoms with Gasteiger partial charge in [0.1, 0.15) is 17.6 Å². The molecular weight excluding hydrogens is 238 g/mol. The molecule has 0 radical (unpaired) electrons. The Morgan fingerprint density at radius 3 is 2.37 bits per heavy atom. The molecule has 2 rings (SSSR count). The van der Waals surface area contributed by atoms with E-state index in [1.165, 1.54) is 0 Å². The van der Waals surface area contributed by atoms with Crippen molar-refractivity contribution in [1.82, 2.24) is 9.55 Å². The second-order valence-corrected chi connectivity index (χ2v) is 4.73.